The SMILES string of the molecule is CCOc1ccc(N)cc1CN1CCC(C)CC1. The Morgan fingerprint density at radius 2 is 2.06 bits per heavy atom. The maximum atomic E-state index is 5.88. The molecule has 1 fully saturated rings. The van der Waals surface area contributed by atoms with E-state index in [0.29, 0.717) is 6.61 Å². The molecule has 100 valence electrons. The van der Waals surface area contributed by atoms with Crippen LogP contribution < -0.4 is 10.5 Å². The van der Waals surface area contributed by atoms with Crippen LogP contribution in [0.3, 0.4) is 0 Å². The van der Waals surface area contributed by atoms with Gasteiger partial charge in [-0.3, -0.25) is 4.90 Å². The van der Waals surface area contributed by atoms with E-state index in [0.717, 1.165) is 23.9 Å². The van der Waals surface area contributed by atoms with E-state index in [2.05, 4.69) is 11.8 Å². The maximum Gasteiger partial charge on any atom is 0.123 e. The molecule has 2 N–H and O–H groups in total. The van der Waals surface area contributed by atoms with Gasteiger partial charge in [0.2, 0.25) is 0 Å². The molecule has 0 aliphatic carbocycles. The van der Waals surface area contributed by atoms with Crippen molar-refractivity contribution in [1.82, 2.24) is 4.90 Å². The summed E-state index contributed by atoms with van der Waals surface area (Å²) >= 11 is 0. The number of nitrogens with zero attached hydrogens (tertiary/aromatic N) is 1. The van der Waals surface area contributed by atoms with E-state index >= 15 is 0 Å². The molecular weight excluding hydrogens is 224 g/mol. The molecule has 1 aliphatic rings. The highest BCUT2D eigenvalue weighted by Crippen LogP contribution is 2.25. The van der Waals surface area contributed by atoms with Gasteiger partial charge < -0.3 is 10.5 Å². The highest BCUT2D eigenvalue weighted by Gasteiger charge is 2.17. The van der Waals surface area contributed by atoms with Crippen LogP contribution in [0.25, 0.3) is 0 Å². The largest absolute Gasteiger partial charge is 0.494 e. The fourth-order valence-electron chi connectivity index (χ4n) is 2.48. The minimum atomic E-state index is 0.702. The number of anilines is 1. The number of ether oxygens (including phenoxy) is 1. The van der Waals surface area contributed by atoms with Crippen molar-refractivity contribution in [3.63, 3.8) is 0 Å². The Morgan fingerprint density at radius 1 is 1.33 bits per heavy atom. The normalized spacial score (nSPS) is 17.9. The first kappa shape index (κ1) is 13.2. The number of benzene rings is 1. The lowest BCUT2D eigenvalue weighted by molar-refractivity contribution is 0.183. The summed E-state index contributed by atoms with van der Waals surface area (Å²) in [5.41, 5.74) is 7.91. The zero-order chi connectivity index (χ0) is 13.0. The average Bonchev–Trinajstić information content (AvgIpc) is 2.36. The van der Waals surface area contributed by atoms with E-state index in [9.17, 15) is 0 Å². The predicted octanol–water partition coefficient (Wildman–Crippen LogP) is 2.90. The van der Waals surface area contributed by atoms with Crippen LogP contribution in [0, 0.1) is 5.92 Å². The van der Waals surface area contributed by atoms with Crippen molar-refractivity contribution in [2.45, 2.75) is 33.2 Å². The zero-order valence-corrected chi connectivity index (χ0v) is 11.5. The molecule has 3 nitrogen and oxygen atoms in total. The molecule has 1 aliphatic heterocycles. The Morgan fingerprint density at radius 3 is 2.72 bits per heavy atom. The van der Waals surface area contributed by atoms with Crippen LogP contribution in [0.2, 0.25) is 0 Å². The molecule has 18 heavy (non-hydrogen) atoms. The highest BCUT2D eigenvalue weighted by atomic mass is 16.5. The molecule has 2 rings (SSSR count). The van der Waals surface area contributed by atoms with Crippen LogP contribution in [0.5, 0.6) is 5.75 Å². The third-order valence-corrected chi connectivity index (χ3v) is 3.65. The molecule has 0 radical (unpaired) electrons. The molecule has 1 saturated heterocycles. The van der Waals surface area contributed by atoms with E-state index in [1.165, 1.54) is 31.5 Å². The molecule has 0 spiro atoms. The molecular formula is C15H24N2O. The van der Waals surface area contributed by atoms with E-state index in [1.807, 2.05) is 25.1 Å². The van der Waals surface area contributed by atoms with Crippen LogP contribution >= 0.6 is 0 Å². The summed E-state index contributed by atoms with van der Waals surface area (Å²) in [6, 6.07) is 5.94. The number of hydrogen-bond acceptors (Lipinski definition) is 3. The van der Waals surface area contributed by atoms with Gasteiger partial charge in [0.05, 0.1) is 6.61 Å². The molecule has 0 amide bonds. The lowest BCUT2D eigenvalue weighted by Gasteiger charge is -2.30. The van der Waals surface area contributed by atoms with Gasteiger partial charge >= 0.3 is 0 Å². The first-order chi connectivity index (χ1) is 8.69. The monoisotopic (exact) mass is 248 g/mol. The number of nitrogens with two attached hydrogens (primary N) is 1. The number of hydrogen-bond donors (Lipinski definition) is 1. The summed E-state index contributed by atoms with van der Waals surface area (Å²) in [7, 11) is 0. The van der Waals surface area contributed by atoms with Gasteiger partial charge in [-0.05, 0) is 57.0 Å². The molecule has 0 atom stereocenters. The molecule has 1 aromatic carbocycles. The van der Waals surface area contributed by atoms with Gasteiger partial charge in [0, 0.05) is 17.8 Å². The van der Waals surface area contributed by atoms with Gasteiger partial charge in [-0.25, -0.2) is 0 Å². The van der Waals surface area contributed by atoms with Gasteiger partial charge in [0.15, 0.2) is 0 Å². The Labute approximate surface area is 110 Å². The second kappa shape index (κ2) is 6.10. The molecule has 0 aromatic heterocycles. The number of piperidine rings is 1. The van der Waals surface area contributed by atoms with Crippen molar-refractivity contribution in [2.24, 2.45) is 5.92 Å². The fourth-order valence-corrected chi connectivity index (χ4v) is 2.48. The third kappa shape index (κ3) is 3.39. The molecule has 3 heteroatoms. The summed E-state index contributed by atoms with van der Waals surface area (Å²) < 4.78 is 5.67. The van der Waals surface area contributed by atoms with Crippen LogP contribution in [-0.4, -0.2) is 24.6 Å². The average molecular weight is 248 g/mol. The zero-order valence-electron chi connectivity index (χ0n) is 11.5. The molecule has 1 aromatic rings. The minimum Gasteiger partial charge on any atom is -0.494 e. The van der Waals surface area contributed by atoms with Crippen molar-refractivity contribution < 1.29 is 4.74 Å². The second-order valence-corrected chi connectivity index (χ2v) is 5.26. The Kier molecular flexibility index (Phi) is 4.48. The summed E-state index contributed by atoms with van der Waals surface area (Å²) in [5, 5.41) is 0. The first-order valence-corrected chi connectivity index (χ1v) is 6.92. The van der Waals surface area contributed by atoms with Crippen molar-refractivity contribution in [2.75, 3.05) is 25.4 Å². The predicted molar refractivity (Wildman–Crippen MR) is 75.7 cm³/mol. The van der Waals surface area contributed by atoms with Gasteiger partial charge in [0.1, 0.15) is 5.75 Å². The Hall–Kier alpha value is -1.22. The lowest BCUT2D eigenvalue weighted by atomic mass is 9.99. The van der Waals surface area contributed by atoms with Crippen LogP contribution in [0.1, 0.15) is 32.3 Å². The van der Waals surface area contributed by atoms with Gasteiger partial charge in [-0.2, -0.15) is 0 Å². The van der Waals surface area contributed by atoms with E-state index in [1.54, 1.807) is 0 Å². The fraction of sp³-hybridized carbons (Fsp3) is 0.600. The van der Waals surface area contributed by atoms with E-state index in [-0.39, 0.29) is 0 Å². The van der Waals surface area contributed by atoms with Gasteiger partial charge in [-0.15, -0.1) is 0 Å². The number of nitrogen functional groups attached to an aromatic ring is 1. The highest BCUT2D eigenvalue weighted by molar-refractivity contribution is 5.47. The Bertz CT molecular complexity index is 384. The topological polar surface area (TPSA) is 38.5 Å². The molecule has 1 heterocycles. The number of likely N-dealkylation sites (tertiary alicyclic amines) is 1. The summed E-state index contributed by atoms with van der Waals surface area (Å²) in [4.78, 5) is 2.50. The van der Waals surface area contributed by atoms with Crippen molar-refractivity contribution >= 4 is 5.69 Å². The van der Waals surface area contributed by atoms with Crippen molar-refractivity contribution in [3.05, 3.63) is 23.8 Å². The van der Waals surface area contributed by atoms with Gasteiger partial charge in [0.25, 0.3) is 0 Å². The van der Waals surface area contributed by atoms with Crippen LogP contribution in [0.15, 0.2) is 18.2 Å². The number of rotatable bonds is 4. The van der Waals surface area contributed by atoms with Crippen molar-refractivity contribution in [3.8, 4) is 5.75 Å². The molecule has 0 bridgehead atoms. The summed E-state index contributed by atoms with van der Waals surface area (Å²) in [6.45, 7) is 8.37. The first-order valence-electron chi connectivity index (χ1n) is 6.92. The minimum absolute atomic E-state index is 0.702. The Balaban J connectivity index is 2.05. The molecule has 0 unspecified atom stereocenters. The lowest BCUT2D eigenvalue weighted by Crippen LogP contribution is -2.32. The van der Waals surface area contributed by atoms with E-state index in [4.69, 9.17) is 10.5 Å². The standard InChI is InChI=1S/C15H24N2O/c1-3-18-15-5-4-14(16)10-13(15)11-17-8-6-12(2)7-9-17/h4-5,10,12H,3,6-9,11,16H2,1-2H3. The smallest absolute Gasteiger partial charge is 0.123 e. The van der Waals surface area contributed by atoms with E-state index < -0.39 is 0 Å². The van der Waals surface area contributed by atoms with Crippen LogP contribution in [0.4, 0.5) is 5.69 Å². The van der Waals surface area contributed by atoms with Crippen LogP contribution in [-0.2, 0) is 6.54 Å². The van der Waals surface area contributed by atoms with Gasteiger partial charge in [-0.1, -0.05) is 6.92 Å². The van der Waals surface area contributed by atoms with Crippen molar-refractivity contribution in [1.29, 1.82) is 0 Å². The quantitative estimate of drug-likeness (QED) is 0.833. The third-order valence-electron chi connectivity index (χ3n) is 3.65. The molecule has 0 saturated carbocycles. The summed E-state index contributed by atoms with van der Waals surface area (Å²) in [5.74, 6) is 1.85. The second-order valence-electron chi connectivity index (χ2n) is 5.26. The summed E-state index contributed by atoms with van der Waals surface area (Å²) in [6.07, 6.45) is 2.60. The maximum absolute atomic E-state index is 5.88.